The molecule has 0 aromatic rings. The van der Waals surface area contributed by atoms with E-state index in [1.807, 2.05) is 0 Å². The Balaban J connectivity index is 1.93. The maximum Gasteiger partial charge on any atom is 0.247 e. The number of nitrogens with one attached hydrogen (secondary N) is 1. The summed E-state index contributed by atoms with van der Waals surface area (Å²) in [6.45, 7) is 4.26. The van der Waals surface area contributed by atoms with Gasteiger partial charge in [0.2, 0.25) is 11.8 Å². The summed E-state index contributed by atoms with van der Waals surface area (Å²) >= 11 is 0. The molecule has 2 rings (SSSR count). The average molecular weight is 238 g/mol. The fourth-order valence-corrected chi connectivity index (χ4v) is 2.54. The van der Waals surface area contributed by atoms with Crippen LogP contribution in [-0.4, -0.2) is 34.8 Å². The summed E-state index contributed by atoms with van der Waals surface area (Å²) in [5.41, 5.74) is 0. The SMILES string of the molecule is CCCC(CC)NC1CC(=O)N(C2CC2)C1=O. The summed E-state index contributed by atoms with van der Waals surface area (Å²) in [5, 5.41) is 3.35. The van der Waals surface area contributed by atoms with Crippen molar-refractivity contribution in [1.82, 2.24) is 10.2 Å². The quantitative estimate of drug-likeness (QED) is 0.712. The lowest BCUT2D eigenvalue weighted by Crippen LogP contribution is -2.44. The number of hydrogen-bond donors (Lipinski definition) is 1. The van der Waals surface area contributed by atoms with Crippen molar-refractivity contribution < 1.29 is 9.59 Å². The summed E-state index contributed by atoms with van der Waals surface area (Å²) < 4.78 is 0. The molecule has 1 N–H and O–H groups in total. The highest BCUT2D eigenvalue weighted by molar-refractivity contribution is 6.06. The number of carbonyl (C=O) groups is 2. The highest BCUT2D eigenvalue weighted by atomic mass is 16.2. The van der Waals surface area contributed by atoms with Gasteiger partial charge >= 0.3 is 0 Å². The molecule has 0 spiro atoms. The highest BCUT2D eigenvalue weighted by Crippen LogP contribution is 2.31. The summed E-state index contributed by atoms with van der Waals surface area (Å²) in [7, 11) is 0. The van der Waals surface area contributed by atoms with E-state index < -0.39 is 0 Å². The predicted octanol–water partition coefficient (Wildman–Crippen LogP) is 1.44. The molecule has 0 bridgehead atoms. The second-order valence-electron chi connectivity index (χ2n) is 5.15. The van der Waals surface area contributed by atoms with Crippen LogP contribution in [0.15, 0.2) is 0 Å². The number of likely N-dealkylation sites (tertiary alicyclic amines) is 1. The van der Waals surface area contributed by atoms with Gasteiger partial charge in [-0.1, -0.05) is 20.3 Å². The number of rotatable bonds is 6. The number of carbonyl (C=O) groups excluding carboxylic acids is 2. The van der Waals surface area contributed by atoms with Crippen molar-refractivity contribution in [2.24, 2.45) is 0 Å². The monoisotopic (exact) mass is 238 g/mol. The Labute approximate surface area is 103 Å². The van der Waals surface area contributed by atoms with Crippen molar-refractivity contribution in [2.75, 3.05) is 0 Å². The van der Waals surface area contributed by atoms with Crippen molar-refractivity contribution in [1.29, 1.82) is 0 Å². The Morgan fingerprint density at radius 2 is 2.06 bits per heavy atom. The van der Waals surface area contributed by atoms with Crippen LogP contribution in [0.2, 0.25) is 0 Å². The van der Waals surface area contributed by atoms with Crippen LogP contribution in [0.4, 0.5) is 0 Å². The molecule has 4 heteroatoms. The van der Waals surface area contributed by atoms with Gasteiger partial charge in [-0.3, -0.25) is 14.5 Å². The van der Waals surface area contributed by atoms with E-state index in [-0.39, 0.29) is 23.9 Å². The Hall–Kier alpha value is -0.900. The molecule has 96 valence electrons. The smallest absolute Gasteiger partial charge is 0.247 e. The lowest BCUT2D eigenvalue weighted by atomic mass is 10.1. The Kier molecular flexibility index (Phi) is 3.82. The first-order chi connectivity index (χ1) is 8.17. The number of amides is 2. The summed E-state index contributed by atoms with van der Waals surface area (Å²) in [5.74, 6) is 0.0217. The third kappa shape index (κ3) is 2.68. The van der Waals surface area contributed by atoms with E-state index in [4.69, 9.17) is 0 Å². The predicted molar refractivity (Wildman–Crippen MR) is 65.4 cm³/mol. The number of imide groups is 1. The van der Waals surface area contributed by atoms with E-state index >= 15 is 0 Å². The fourth-order valence-electron chi connectivity index (χ4n) is 2.54. The van der Waals surface area contributed by atoms with E-state index in [9.17, 15) is 9.59 Å². The summed E-state index contributed by atoms with van der Waals surface area (Å²) in [6, 6.07) is 0.313. The second-order valence-corrected chi connectivity index (χ2v) is 5.15. The zero-order chi connectivity index (χ0) is 12.4. The van der Waals surface area contributed by atoms with Gasteiger partial charge in [0.25, 0.3) is 0 Å². The molecule has 1 aliphatic carbocycles. The molecular weight excluding hydrogens is 216 g/mol. The van der Waals surface area contributed by atoms with Gasteiger partial charge in [0.15, 0.2) is 0 Å². The van der Waals surface area contributed by atoms with Gasteiger partial charge in [0, 0.05) is 12.1 Å². The summed E-state index contributed by atoms with van der Waals surface area (Å²) in [6.07, 6.45) is 5.53. The van der Waals surface area contributed by atoms with E-state index in [0.717, 1.165) is 32.1 Å². The van der Waals surface area contributed by atoms with E-state index in [2.05, 4.69) is 19.2 Å². The minimum atomic E-state index is -0.264. The number of nitrogens with zero attached hydrogens (tertiary/aromatic N) is 1. The van der Waals surface area contributed by atoms with Gasteiger partial charge in [-0.15, -0.1) is 0 Å². The molecule has 4 nitrogen and oxygen atoms in total. The first kappa shape index (κ1) is 12.6. The van der Waals surface area contributed by atoms with Crippen LogP contribution in [0, 0.1) is 0 Å². The van der Waals surface area contributed by atoms with E-state index in [1.54, 1.807) is 0 Å². The molecule has 1 heterocycles. The molecule has 0 radical (unpaired) electrons. The van der Waals surface area contributed by atoms with Gasteiger partial charge < -0.3 is 5.32 Å². The molecule has 2 aliphatic rings. The molecule has 2 fully saturated rings. The van der Waals surface area contributed by atoms with Gasteiger partial charge in [0.05, 0.1) is 12.5 Å². The zero-order valence-corrected chi connectivity index (χ0v) is 10.7. The largest absolute Gasteiger partial charge is 0.303 e. The van der Waals surface area contributed by atoms with E-state index in [1.165, 1.54) is 4.90 Å². The minimum absolute atomic E-state index is 0.00653. The molecule has 1 aliphatic heterocycles. The summed E-state index contributed by atoms with van der Waals surface area (Å²) in [4.78, 5) is 25.4. The Bertz CT molecular complexity index is 313. The standard InChI is InChI=1S/C13H22N2O2/c1-3-5-9(4-2)14-11-8-12(16)15(13(11)17)10-6-7-10/h9-11,14H,3-8H2,1-2H3. The van der Waals surface area contributed by atoms with Crippen LogP contribution < -0.4 is 5.32 Å². The van der Waals surface area contributed by atoms with E-state index in [0.29, 0.717) is 12.5 Å². The Morgan fingerprint density at radius 3 is 2.59 bits per heavy atom. The highest BCUT2D eigenvalue weighted by Gasteiger charge is 2.46. The molecular formula is C13H22N2O2. The van der Waals surface area contributed by atoms with Crippen LogP contribution in [0.25, 0.3) is 0 Å². The van der Waals surface area contributed by atoms with Crippen LogP contribution in [-0.2, 0) is 9.59 Å². The lowest BCUT2D eigenvalue weighted by molar-refractivity contribution is -0.139. The van der Waals surface area contributed by atoms with Crippen LogP contribution in [0.1, 0.15) is 52.4 Å². The molecule has 0 aromatic carbocycles. The van der Waals surface area contributed by atoms with Crippen molar-refractivity contribution in [3.05, 3.63) is 0 Å². The normalized spacial score (nSPS) is 26.7. The molecule has 2 unspecified atom stereocenters. The molecule has 1 saturated heterocycles. The van der Waals surface area contributed by atoms with Crippen molar-refractivity contribution in [3.8, 4) is 0 Å². The van der Waals surface area contributed by atoms with Crippen LogP contribution in [0.3, 0.4) is 0 Å². The molecule has 17 heavy (non-hydrogen) atoms. The second kappa shape index (κ2) is 5.17. The first-order valence-electron chi connectivity index (χ1n) is 6.79. The van der Waals surface area contributed by atoms with Crippen molar-refractivity contribution >= 4 is 11.8 Å². The lowest BCUT2D eigenvalue weighted by Gasteiger charge is -2.20. The van der Waals surface area contributed by atoms with Gasteiger partial charge in [0.1, 0.15) is 0 Å². The molecule has 0 aromatic heterocycles. The third-order valence-corrected chi connectivity index (χ3v) is 3.66. The van der Waals surface area contributed by atoms with Crippen molar-refractivity contribution in [3.63, 3.8) is 0 Å². The maximum atomic E-state index is 12.1. The third-order valence-electron chi connectivity index (χ3n) is 3.66. The molecule has 1 saturated carbocycles. The topological polar surface area (TPSA) is 49.4 Å². The first-order valence-corrected chi connectivity index (χ1v) is 6.79. The van der Waals surface area contributed by atoms with Crippen LogP contribution >= 0.6 is 0 Å². The van der Waals surface area contributed by atoms with Gasteiger partial charge in [-0.2, -0.15) is 0 Å². The van der Waals surface area contributed by atoms with Gasteiger partial charge in [-0.05, 0) is 25.7 Å². The van der Waals surface area contributed by atoms with Crippen molar-refractivity contribution in [2.45, 2.75) is 70.5 Å². The van der Waals surface area contributed by atoms with Crippen LogP contribution in [0.5, 0.6) is 0 Å². The number of hydrogen-bond acceptors (Lipinski definition) is 3. The maximum absolute atomic E-state index is 12.1. The Morgan fingerprint density at radius 1 is 1.35 bits per heavy atom. The molecule has 2 atom stereocenters. The molecule has 2 amide bonds. The fraction of sp³-hybridized carbons (Fsp3) is 0.846. The zero-order valence-electron chi connectivity index (χ0n) is 10.7. The van der Waals surface area contributed by atoms with Gasteiger partial charge in [-0.25, -0.2) is 0 Å². The minimum Gasteiger partial charge on any atom is -0.303 e. The average Bonchev–Trinajstić information content (AvgIpc) is 3.07.